The van der Waals surface area contributed by atoms with E-state index in [9.17, 15) is 13.5 Å². The van der Waals surface area contributed by atoms with Gasteiger partial charge in [0, 0.05) is 18.8 Å². The average molecular weight is 318 g/mol. The molecule has 6 heteroatoms. The van der Waals surface area contributed by atoms with Crippen molar-refractivity contribution in [2.45, 2.75) is 17.4 Å². The van der Waals surface area contributed by atoms with Gasteiger partial charge in [-0.3, -0.25) is 0 Å². The van der Waals surface area contributed by atoms with E-state index in [1.165, 1.54) is 6.07 Å². The average Bonchev–Trinajstić information content (AvgIpc) is 2.89. The smallest absolute Gasteiger partial charge is 0.238 e. The van der Waals surface area contributed by atoms with Crippen molar-refractivity contribution < 1.29 is 13.5 Å². The molecule has 0 saturated heterocycles. The first kappa shape index (κ1) is 15.0. The number of sulfonamides is 1. The molecule has 2 aromatic carbocycles. The minimum Gasteiger partial charge on any atom is -0.387 e. The predicted molar refractivity (Wildman–Crippen MR) is 85.1 cm³/mol. The van der Waals surface area contributed by atoms with Gasteiger partial charge in [0.05, 0.1) is 11.0 Å². The van der Waals surface area contributed by atoms with Crippen molar-refractivity contribution in [3.8, 4) is 0 Å². The number of primary sulfonamides is 1. The topological polar surface area (TPSA) is 83.6 Å². The Morgan fingerprint density at radius 3 is 2.59 bits per heavy atom. The Labute approximate surface area is 130 Å². The van der Waals surface area contributed by atoms with Crippen LogP contribution in [0.1, 0.15) is 17.2 Å². The second-order valence-electron chi connectivity index (χ2n) is 5.46. The molecule has 0 aliphatic carbocycles. The highest BCUT2D eigenvalue weighted by Gasteiger charge is 2.23. The number of aliphatic hydroxyl groups excluding tert-OH is 1. The van der Waals surface area contributed by atoms with Crippen LogP contribution in [-0.2, 0) is 16.4 Å². The number of hydrogen-bond acceptors (Lipinski definition) is 4. The number of rotatable bonds is 4. The van der Waals surface area contributed by atoms with Crippen LogP contribution >= 0.6 is 0 Å². The number of aliphatic hydroxyl groups is 1. The first-order chi connectivity index (χ1) is 10.4. The van der Waals surface area contributed by atoms with Gasteiger partial charge >= 0.3 is 0 Å². The van der Waals surface area contributed by atoms with Gasteiger partial charge in [0.2, 0.25) is 10.0 Å². The summed E-state index contributed by atoms with van der Waals surface area (Å²) in [6.07, 6.45) is 0.172. The van der Waals surface area contributed by atoms with E-state index in [1.54, 1.807) is 12.1 Å². The Morgan fingerprint density at radius 1 is 1.18 bits per heavy atom. The molecule has 0 fully saturated rings. The number of hydrogen-bond donors (Lipinski definition) is 2. The van der Waals surface area contributed by atoms with Crippen LogP contribution in [0.4, 0.5) is 5.69 Å². The molecular weight excluding hydrogens is 300 g/mol. The van der Waals surface area contributed by atoms with E-state index in [-0.39, 0.29) is 4.90 Å². The number of nitrogens with zero attached hydrogens (tertiary/aromatic N) is 1. The Balaban J connectivity index is 1.80. The number of benzene rings is 2. The van der Waals surface area contributed by atoms with Crippen LogP contribution in [0.5, 0.6) is 0 Å². The molecule has 2 aromatic rings. The zero-order chi connectivity index (χ0) is 15.7. The van der Waals surface area contributed by atoms with Crippen LogP contribution < -0.4 is 10.0 Å². The highest BCUT2D eigenvalue weighted by molar-refractivity contribution is 7.89. The van der Waals surface area contributed by atoms with Crippen LogP contribution in [0, 0.1) is 0 Å². The van der Waals surface area contributed by atoms with Crippen molar-refractivity contribution in [2.24, 2.45) is 5.14 Å². The van der Waals surface area contributed by atoms with Gasteiger partial charge in [-0.1, -0.05) is 30.3 Å². The summed E-state index contributed by atoms with van der Waals surface area (Å²) in [4.78, 5) is 2.21. The lowest BCUT2D eigenvalue weighted by molar-refractivity contribution is 0.184. The number of nitrogens with two attached hydrogens (primary N) is 1. The molecule has 1 aliphatic heterocycles. The maximum Gasteiger partial charge on any atom is 0.238 e. The lowest BCUT2D eigenvalue weighted by Gasteiger charge is -2.23. The highest BCUT2D eigenvalue weighted by atomic mass is 32.2. The molecular formula is C16H18N2O3S. The van der Waals surface area contributed by atoms with Crippen molar-refractivity contribution >= 4 is 15.7 Å². The highest BCUT2D eigenvalue weighted by Crippen LogP contribution is 2.31. The first-order valence-electron chi connectivity index (χ1n) is 7.09. The molecule has 1 atom stereocenters. The summed E-state index contributed by atoms with van der Waals surface area (Å²) in [6.45, 7) is 1.24. The minimum absolute atomic E-state index is 0.136. The summed E-state index contributed by atoms with van der Waals surface area (Å²) in [6, 6.07) is 14.4. The Kier molecular flexibility index (Phi) is 3.90. The number of β-amino-alcohol motifs (C(OH)–C–C–N with tert-alkyl or cyclic N) is 1. The fraction of sp³-hybridized carbons (Fsp3) is 0.250. The summed E-state index contributed by atoms with van der Waals surface area (Å²) < 4.78 is 22.8. The third-order valence-corrected chi connectivity index (χ3v) is 4.86. The Bertz CT molecular complexity index is 775. The molecule has 1 unspecified atom stereocenters. The molecule has 0 saturated carbocycles. The quantitative estimate of drug-likeness (QED) is 0.893. The molecule has 1 heterocycles. The maximum absolute atomic E-state index is 11.4. The second-order valence-corrected chi connectivity index (χ2v) is 7.02. The fourth-order valence-corrected chi connectivity index (χ4v) is 3.37. The Morgan fingerprint density at radius 2 is 1.91 bits per heavy atom. The van der Waals surface area contributed by atoms with Crippen LogP contribution in [0.15, 0.2) is 53.4 Å². The van der Waals surface area contributed by atoms with E-state index in [0.717, 1.165) is 29.8 Å². The van der Waals surface area contributed by atoms with Crippen molar-refractivity contribution in [2.75, 3.05) is 18.0 Å². The molecule has 0 amide bonds. The van der Waals surface area contributed by atoms with Gasteiger partial charge in [-0.2, -0.15) is 0 Å². The molecule has 3 rings (SSSR count). The molecule has 0 aromatic heterocycles. The molecule has 1 aliphatic rings. The van der Waals surface area contributed by atoms with Crippen molar-refractivity contribution in [1.82, 2.24) is 0 Å². The summed E-state index contributed by atoms with van der Waals surface area (Å²) in [5, 5.41) is 15.5. The molecule has 0 bridgehead atoms. The van der Waals surface area contributed by atoms with E-state index < -0.39 is 16.1 Å². The van der Waals surface area contributed by atoms with Crippen LogP contribution in [0.3, 0.4) is 0 Å². The van der Waals surface area contributed by atoms with Gasteiger partial charge in [-0.25, -0.2) is 13.6 Å². The zero-order valence-electron chi connectivity index (χ0n) is 12.0. The largest absolute Gasteiger partial charge is 0.387 e. The van der Waals surface area contributed by atoms with E-state index in [1.807, 2.05) is 30.3 Å². The minimum atomic E-state index is -3.68. The first-order valence-corrected chi connectivity index (χ1v) is 8.63. The molecule has 5 nitrogen and oxygen atoms in total. The summed E-state index contributed by atoms with van der Waals surface area (Å²) in [7, 11) is -3.68. The third-order valence-electron chi connectivity index (χ3n) is 3.95. The van der Waals surface area contributed by atoms with Gasteiger partial charge in [0.25, 0.3) is 0 Å². The summed E-state index contributed by atoms with van der Waals surface area (Å²) in [5.41, 5.74) is 2.78. The van der Waals surface area contributed by atoms with Crippen LogP contribution in [0.25, 0.3) is 0 Å². The zero-order valence-corrected chi connectivity index (χ0v) is 12.8. The SMILES string of the molecule is NS(=O)(=O)c1ccc2c(c1)CCN2CC(O)c1ccccc1. The molecule has 3 N–H and O–H groups in total. The van der Waals surface area contributed by atoms with Crippen molar-refractivity contribution in [3.63, 3.8) is 0 Å². The number of fused-ring (bicyclic) bond motifs is 1. The lowest BCUT2D eigenvalue weighted by atomic mass is 10.1. The van der Waals surface area contributed by atoms with Gasteiger partial charge in [0.15, 0.2) is 0 Å². The van der Waals surface area contributed by atoms with Crippen molar-refractivity contribution in [1.29, 1.82) is 0 Å². The summed E-state index contributed by atoms with van der Waals surface area (Å²) >= 11 is 0. The predicted octanol–water partition coefficient (Wildman–Crippen LogP) is 1.43. The van der Waals surface area contributed by atoms with E-state index in [0.29, 0.717) is 6.54 Å². The monoisotopic (exact) mass is 318 g/mol. The molecule has 0 spiro atoms. The van der Waals surface area contributed by atoms with Crippen molar-refractivity contribution in [3.05, 3.63) is 59.7 Å². The maximum atomic E-state index is 11.4. The van der Waals surface area contributed by atoms with E-state index >= 15 is 0 Å². The molecule has 0 radical (unpaired) electrons. The van der Waals surface area contributed by atoms with Gasteiger partial charge < -0.3 is 10.0 Å². The van der Waals surface area contributed by atoms with Gasteiger partial charge in [-0.05, 0) is 35.7 Å². The summed E-state index contributed by atoms with van der Waals surface area (Å²) in [5.74, 6) is 0. The standard InChI is InChI=1S/C16H18N2O3S/c17-22(20,21)14-6-7-15-13(10-14)8-9-18(15)11-16(19)12-4-2-1-3-5-12/h1-7,10,16,19H,8-9,11H2,(H2,17,20,21). The van der Waals surface area contributed by atoms with Gasteiger partial charge in [-0.15, -0.1) is 0 Å². The van der Waals surface area contributed by atoms with Gasteiger partial charge in [0.1, 0.15) is 0 Å². The van der Waals surface area contributed by atoms with E-state index in [2.05, 4.69) is 4.90 Å². The van der Waals surface area contributed by atoms with Crippen LogP contribution in [-0.4, -0.2) is 26.6 Å². The molecule has 116 valence electrons. The Hall–Kier alpha value is -1.89. The second kappa shape index (κ2) is 5.72. The van der Waals surface area contributed by atoms with Crippen LogP contribution in [0.2, 0.25) is 0 Å². The fourth-order valence-electron chi connectivity index (χ4n) is 2.80. The molecule has 22 heavy (non-hydrogen) atoms. The normalized spacial score (nSPS) is 15.6. The van der Waals surface area contributed by atoms with E-state index in [4.69, 9.17) is 5.14 Å². The lowest BCUT2D eigenvalue weighted by Crippen LogP contribution is -2.26. The number of anilines is 1. The third kappa shape index (κ3) is 2.99.